The van der Waals surface area contributed by atoms with Crippen LogP contribution < -0.4 is 0 Å². The Bertz CT molecular complexity index is 684. The summed E-state index contributed by atoms with van der Waals surface area (Å²) >= 11 is 3.27. The molecule has 0 amide bonds. The van der Waals surface area contributed by atoms with Crippen molar-refractivity contribution in [2.24, 2.45) is 0 Å². The smallest absolute Gasteiger partial charge is 0.141 e. The van der Waals surface area contributed by atoms with E-state index in [4.69, 9.17) is 0 Å². The first-order valence-electron chi connectivity index (χ1n) is 6.69. The zero-order valence-electron chi connectivity index (χ0n) is 11.3. The number of rotatable bonds is 3. The Kier molecular flexibility index (Phi) is 4.16. The van der Waals surface area contributed by atoms with Gasteiger partial charge in [-0.15, -0.1) is 0 Å². The third kappa shape index (κ3) is 2.91. The first-order chi connectivity index (χ1) is 10.3. The fraction of sp³-hybridized carbons (Fsp3) is 0. The van der Waals surface area contributed by atoms with Crippen molar-refractivity contribution in [1.29, 1.82) is 0 Å². The van der Waals surface area contributed by atoms with Crippen LogP contribution in [0.1, 0.15) is 16.7 Å². The lowest BCUT2D eigenvalue weighted by Gasteiger charge is -2.19. The summed E-state index contributed by atoms with van der Waals surface area (Å²) in [6.07, 6.45) is 0. The molecular formula is C19H13BrF. The van der Waals surface area contributed by atoms with Crippen LogP contribution in [-0.4, -0.2) is 0 Å². The van der Waals surface area contributed by atoms with Gasteiger partial charge in [0.2, 0.25) is 0 Å². The fourth-order valence-corrected chi connectivity index (χ4v) is 2.75. The highest BCUT2D eigenvalue weighted by Crippen LogP contribution is 2.34. The van der Waals surface area contributed by atoms with Crippen LogP contribution in [0.25, 0.3) is 0 Å². The summed E-state index contributed by atoms with van der Waals surface area (Å²) in [6, 6.07) is 25.2. The van der Waals surface area contributed by atoms with Gasteiger partial charge in [0.05, 0.1) is 10.4 Å². The van der Waals surface area contributed by atoms with Gasteiger partial charge in [-0.3, -0.25) is 0 Å². The van der Waals surface area contributed by atoms with E-state index >= 15 is 0 Å². The van der Waals surface area contributed by atoms with Gasteiger partial charge in [0.1, 0.15) is 5.82 Å². The van der Waals surface area contributed by atoms with Gasteiger partial charge in [-0.1, -0.05) is 72.8 Å². The Hall–Kier alpha value is -1.93. The van der Waals surface area contributed by atoms with E-state index in [9.17, 15) is 4.39 Å². The molecule has 0 aliphatic carbocycles. The van der Waals surface area contributed by atoms with Gasteiger partial charge in [0, 0.05) is 5.56 Å². The largest absolute Gasteiger partial charge is 0.205 e. The Morgan fingerprint density at radius 2 is 1.19 bits per heavy atom. The van der Waals surface area contributed by atoms with Gasteiger partial charge < -0.3 is 0 Å². The van der Waals surface area contributed by atoms with Crippen molar-refractivity contribution in [3.63, 3.8) is 0 Å². The number of benzene rings is 3. The zero-order valence-corrected chi connectivity index (χ0v) is 12.8. The van der Waals surface area contributed by atoms with E-state index < -0.39 is 0 Å². The molecule has 0 aromatic heterocycles. The van der Waals surface area contributed by atoms with Gasteiger partial charge in [-0.05, 0) is 33.1 Å². The third-order valence-corrected chi connectivity index (χ3v) is 3.96. The molecule has 0 atom stereocenters. The van der Waals surface area contributed by atoms with E-state index in [1.165, 1.54) is 0 Å². The first-order valence-corrected chi connectivity index (χ1v) is 7.49. The summed E-state index contributed by atoms with van der Waals surface area (Å²) in [4.78, 5) is 0. The quantitative estimate of drug-likeness (QED) is 0.544. The highest BCUT2D eigenvalue weighted by Gasteiger charge is 2.21. The summed E-state index contributed by atoms with van der Waals surface area (Å²) < 4.78 is 15.0. The summed E-state index contributed by atoms with van der Waals surface area (Å²) in [6.45, 7) is 0. The van der Waals surface area contributed by atoms with E-state index in [0.717, 1.165) is 17.0 Å². The summed E-state index contributed by atoms with van der Waals surface area (Å²) in [5.41, 5.74) is 2.60. The van der Waals surface area contributed by atoms with Crippen LogP contribution in [0.5, 0.6) is 0 Å². The lowest BCUT2D eigenvalue weighted by Crippen LogP contribution is -2.07. The van der Waals surface area contributed by atoms with E-state index in [0.29, 0.717) is 10.0 Å². The Labute approximate surface area is 132 Å². The molecule has 0 saturated heterocycles. The number of halogens is 2. The van der Waals surface area contributed by atoms with Crippen molar-refractivity contribution in [2.75, 3.05) is 0 Å². The van der Waals surface area contributed by atoms with Gasteiger partial charge in [0.25, 0.3) is 0 Å². The first kappa shape index (κ1) is 14.0. The molecule has 0 fully saturated rings. The van der Waals surface area contributed by atoms with Crippen molar-refractivity contribution >= 4 is 15.9 Å². The molecule has 2 heteroatoms. The minimum Gasteiger partial charge on any atom is -0.205 e. The average Bonchev–Trinajstić information content (AvgIpc) is 2.54. The maximum atomic E-state index is 14.6. The highest BCUT2D eigenvalue weighted by molar-refractivity contribution is 9.10. The van der Waals surface area contributed by atoms with E-state index in [-0.39, 0.29) is 5.82 Å². The lowest BCUT2D eigenvalue weighted by molar-refractivity contribution is 0.611. The standard InChI is InChI=1S/C19H13BrF/c20-17-13-7-12-16(19(17)21)18(14-8-3-1-4-9-14)15-10-5-2-6-11-15/h1-13H. The monoisotopic (exact) mass is 339 g/mol. The summed E-state index contributed by atoms with van der Waals surface area (Å²) in [5.74, 6) is 0.662. The van der Waals surface area contributed by atoms with Crippen LogP contribution in [0, 0.1) is 11.7 Å². The second-order valence-corrected chi connectivity index (χ2v) is 5.56. The van der Waals surface area contributed by atoms with Crippen LogP contribution in [0.3, 0.4) is 0 Å². The van der Waals surface area contributed by atoms with Crippen molar-refractivity contribution in [3.8, 4) is 0 Å². The van der Waals surface area contributed by atoms with Crippen molar-refractivity contribution in [2.45, 2.75) is 0 Å². The number of hydrogen-bond acceptors (Lipinski definition) is 0. The Morgan fingerprint density at radius 3 is 1.71 bits per heavy atom. The molecule has 0 N–H and O–H groups in total. The van der Waals surface area contributed by atoms with Gasteiger partial charge in [-0.2, -0.15) is 0 Å². The molecule has 21 heavy (non-hydrogen) atoms. The molecule has 0 nitrogen and oxygen atoms in total. The molecule has 3 rings (SSSR count). The predicted molar refractivity (Wildman–Crippen MR) is 87.5 cm³/mol. The summed E-state index contributed by atoms with van der Waals surface area (Å²) in [7, 11) is 0. The molecule has 3 aromatic carbocycles. The molecule has 0 spiro atoms. The Morgan fingerprint density at radius 1 is 0.667 bits per heavy atom. The maximum absolute atomic E-state index is 14.6. The van der Waals surface area contributed by atoms with Crippen LogP contribution in [-0.2, 0) is 0 Å². The van der Waals surface area contributed by atoms with Crippen LogP contribution >= 0.6 is 15.9 Å². The van der Waals surface area contributed by atoms with Gasteiger partial charge >= 0.3 is 0 Å². The Balaban J connectivity index is 2.20. The second kappa shape index (κ2) is 6.23. The molecule has 0 aliphatic heterocycles. The SMILES string of the molecule is Fc1c(Br)cccc1[C](c1ccccc1)c1ccccc1. The normalized spacial score (nSPS) is 10.8. The van der Waals surface area contributed by atoms with E-state index in [1.807, 2.05) is 72.8 Å². The average molecular weight is 340 g/mol. The highest BCUT2D eigenvalue weighted by atomic mass is 79.9. The van der Waals surface area contributed by atoms with E-state index in [2.05, 4.69) is 15.9 Å². The zero-order chi connectivity index (χ0) is 14.7. The maximum Gasteiger partial charge on any atom is 0.141 e. The molecule has 0 heterocycles. The van der Waals surface area contributed by atoms with Crippen LogP contribution in [0.2, 0.25) is 0 Å². The van der Waals surface area contributed by atoms with Crippen molar-refractivity contribution < 1.29 is 4.39 Å². The van der Waals surface area contributed by atoms with Gasteiger partial charge in [-0.25, -0.2) is 4.39 Å². The van der Waals surface area contributed by atoms with Crippen LogP contribution in [0.15, 0.2) is 83.3 Å². The molecule has 3 aromatic rings. The molecule has 0 bridgehead atoms. The molecule has 0 aliphatic rings. The molecule has 0 saturated carbocycles. The minimum absolute atomic E-state index is 0.236. The molecular weight excluding hydrogens is 327 g/mol. The lowest BCUT2D eigenvalue weighted by atomic mass is 9.85. The van der Waals surface area contributed by atoms with Crippen molar-refractivity contribution in [3.05, 3.63) is 112 Å². The molecule has 0 unspecified atom stereocenters. The second-order valence-electron chi connectivity index (χ2n) is 4.71. The molecule has 1 radical (unpaired) electrons. The van der Waals surface area contributed by atoms with Crippen LogP contribution in [0.4, 0.5) is 4.39 Å². The third-order valence-electron chi connectivity index (χ3n) is 3.35. The number of hydrogen-bond donors (Lipinski definition) is 0. The fourth-order valence-electron chi connectivity index (χ4n) is 2.38. The topological polar surface area (TPSA) is 0 Å². The summed E-state index contributed by atoms with van der Waals surface area (Å²) in [5, 5.41) is 0. The van der Waals surface area contributed by atoms with Gasteiger partial charge in [0.15, 0.2) is 0 Å². The van der Waals surface area contributed by atoms with E-state index in [1.54, 1.807) is 6.07 Å². The molecule has 103 valence electrons. The van der Waals surface area contributed by atoms with Crippen molar-refractivity contribution in [1.82, 2.24) is 0 Å². The predicted octanol–water partition coefficient (Wildman–Crippen LogP) is 5.61. The minimum atomic E-state index is -0.236.